The lowest BCUT2D eigenvalue weighted by molar-refractivity contribution is 0.555. The molecule has 2 aromatic heterocycles. The van der Waals surface area contributed by atoms with Gasteiger partial charge in [0, 0.05) is 35.1 Å². The molecule has 0 aliphatic heterocycles. The normalized spacial score (nSPS) is 13.5. The first-order valence-electron chi connectivity index (χ1n) is 6.46. The summed E-state index contributed by atoms with van der Waals surface area (Å²) < 4.78 is 4.40. The minimum atomic E-state index is -0.00102. The summed E-state index contributed by atoms with van der Waals surface area (Å²) in [4.78, 5) is 4.54. The van der Waals surface area contributed by atoms with Crippen LogP contribution in [0.1, 0.15) is 44.9 Å². The van der Waals surface area contributed by atoms with Gasteiger partial charge in [-0.25, -0.2) is 4.98 Å². The molecule has 0 radical (unpaired) electrons. The van der Waals surface area contributed by atoms with E-state index in [-0.39, 0.29) is 11.5 Å². The van der Waals surface area contributed by atoms with Crippen LogP contribution in [0.4, 0.5) is 5.13 Å². The van der Waals surface area contributed by atoms with Crippen molar-refractivity contribution in [3.63, 3.8) is 0 Å². The molecule has 2 N–H and O–H groups in total. The molecule has 5 nitrogen and oxygen atoms in total. The first-order valence-corrected chi connectivity index (χ1v) is 7.23. The second kappa shape index (κ2) is 5.28. The van der Waals surface area contributed by atoms with Gasteiger partial charge in [-0.05, 0) is 19.9 Å². The van der Waals surface area contributed by atoms with Crippen molar-refractivity contribution in [3.05, 3.63) is 23.3 Å². The lowest BCUT2D eigenvalue weighted by Crippen LogP contribution is -2.19. The van der Waals surface area contributed by atoms with Gasteiger partial charge in [-0.15, -0.1) is 0 Å². The van der Waals surface area contributed by atoms with Crippen LogP contribution in [-0.2, 0) is 11.8 Å². The van der Waals surface area contributed by atoms with E-state index in [1.54, 1.807) is 0 Å². The molecule has 19 heavy (non-hydrogen) atoms. The number of rotatable bonds is 4. The molecule has 1 atom stereocenters. The number of nitrogens with one attached hydrogen (secondary N) is 2. The molecule has 0 aromatic carbocycles. The Balaban J connectivity index is 1.95. The van der Waals surface area contributed by atoms with Crippen LogP contribution in [0.25, 0.3) is 0 Å². The summed E-state index contributed by atoms with van der Waals surface area (Å²) in [5.74, 6) is 0.891. The molecule has 0 aliphatic rings. The number of H-pyrrole nitrogens is 1. The van der Waals surface area contributed by atoms with Gasteiger partial charge in [-0.3, -0.25) is 5.10 Å². The molecule has 0 amide bonds. The lowest BCUT2D eigenvalue weighted by atomic mass is 9.96. The molecule has 2 heterocycles. The van der Waals surface area contributed by atoms with Gasteiger partial charge in [0.05, 0.1) is 5.69 Å². The summed E-state index contributed by atoms with van der Waals surface area (Å²) >= 11 is 1.42. The van der Waals surface area contributed by atoms with Gasteiger partial charge < -0.3 is 5.32 Å². The van der Waals surface area contributed by atoms with E-state index >= 15 is 0 Å². The fourth-order valence-corrected chi connectivity index (χ4v) is 2.61. The van der Waals surface area contributed by atoms with Crippen LogP contribution in [0.2, 0.25) is 0 Å². The van der Waals surface area contributed by atoms with Crippen LogP contribution in [0, 0.1) is 6.92 Å². The Hall–Kier alpha value is -1.43. The van der Waals surface area contributed by atoms with E-state index in [1.807, 2.05) is 6.92 Å². The number of aryl methyl sites for hydroxylation is 1. The standard InChI is InChI=1S/C13H21N5S/c1-8(6-10-7-9(2)16-17-10)14-12-15-11(18-19-12)13(3,4)5/h7-8H,6H2,1-5H3,(H,16,17)(H,14,15,18). The molecule has 104 valence electrons. The fourth-order valence-electron chi connectivity index (χ4n) is 1.74. The molecule has 1 unspecified atom stereocenters. The molecule has 0 saturated carbocycles. The predicted molar refractivity (Wildman–Crippen MR) is 78.7 cm³/mol. The summed E-state index contributed by atoms with van der Waals surface area (Å²) in [6.07, 6.45) is 0.870. The molecule has 0 aliphatic carbocycles. The van der Waals surface area contributed by atoms with Crippen molar-refractivity contribution in [1.82, 2.24) is 19.6 Å². The molecule has 0 saturated heterocycles. The van der Waals surface area contributed by atoms with Crippen LogP contribution >= 0.6 is 11.5 Å². The third-order valence-electron chi connectivity index (χ3n) is 2.74. The maximum Gasteiger partial charge on any atom is 0.202 e. The minimum Gasteiger partial charge on any atom is -0.357 e. The second-order valence-electron chi connectivity index (χ2n) is 5.96. The fraction of sp³-hybridized carbons (Fsp3) is 0.615. The minimum absolute atomic E-state index is 0.00102. The number of hydrogen-bond acceptors (Lipinski definition) is 5. The van der Waals surface area contributed by atoms with Gasteiger partial charge in [0.15, 0.2) is 0 Å². The number of nitrogens with zero attached hydrogens (tertiary/aromatic N) is 3. The number of anilines is 1. The van der Waals surface area contributed by atoms with E-state index in [0.717, 1.165) is 28.8 Å². The van der Waals surface area contributed by atoms with Crippen molar-refractivity contribution in [2.45, 2.75) is 52.5 Å². The zero-order chi connectivity index (χ0) is 14.0. The van der Waals surface area contributed by atoms with Crippen molar-refractivity contribution in [3.8, 4) is 0 Å². The number of hydrogen-bond donors (Lipinski definition) is 2. The third kappa shape index (κ3) is 3.76. The van der Waals surface area contributed by atoms with Gasteiger partial charge in [-0.1, -0.05) is 20.8 Å². The van der Waals surface area contributed by atoms with E-state index in [9.17, 15) is 0 Å². The Morgan fingerprint density at radius 3 is 2.68 bits per heavy atom. The van der Waals surface area contributed by atoms with E-state index in [4.69, 9.17) is 0 Å². The molecule has 6 heteroatoms. The van der Waals surface area contributed by atoms with Crippen LogP contribution in [0.15, 0.2) is 6.07 Å². The van der Waals surface area contributed by atoms with Crippen molar-refractivity contribution < 1.29 is 0 Å². The summed E-state index contributed by atoms with van der Waals surface area (Å²) in [6, 6.07) is 2.35. The molecular formula is C13H21N5S. The Kier molecular flexibility index (Phi) is 3.89. The summed E-state index contributed by atoms with van der Waals surface area (Å²) in [6.45, 7) is 10.5. The maximum absolute atomic E-state index is 4.54. The van der Waals surface area contributed by atoms with E-state index < -0.39 is 0 Å². The van der Waals surface area contributed by atoms with Crippen LogP contribution in [0.3, 0.4) is 0 Å². The summed E-state index contributed by atoms with van der Waals surface area (Å²) in [5, 5.41) is 11.5. The van der Waals surface area contributed by atoms with Gasteiger partial charge in [0.25, 0.3) is 0 Å². The summed E-state index contributed by atoms with van der Waals surface area (Å²) in [7, 11) is 0. The zero-order valence-electron chi connectivity index (χ0n) is 12.1. The van der Waals surface area contributed by atoms with Crippen LogP contribution < -0.4 is 5.32 Å². The maximum atomic E-state index is 4.54. The van der Waals surface area contributed by atoms with Crippen molar-refractivity contribution in [2.75, 3.05) is 5.32 Å². The zero-order valence-corrected chi connectivity index (χ0v) is 12.9. The monoisotopic (exact) mass is 279 g/mol. The van der Waals surface area contributed by atoms with Gasteiger partial charge in [0.2, 0.25) is 5.13 Å². The first-order chi connectivity index (χ1) is 8.84. The summed E-state index contributed by atoms with van der Waals surface area (Å²) in [5.41, 5.74) is 2.16. The van der Waals surface area contributed by atoms with Crippen molar-refractivity contribution >= 4 is 16.7 Å². The van der Waals surface area contributed by atoms with E-state index in [1.165, 1.54) is 11.5 Å². The highest BCUT2D eigenvalue weighted by Crippen LogP contribution is 2.23. The SMILES string of the molecule is Cc1cc(CC(C)Nc2nc(C(C)(C)C)ns2)n[nH]1. The molecule has 2 rings (SSSR count). The van der Waals surface area contributed by atoms with Crippen LogP contribution in [-0.4, -0.2) is 25.6 Å². The Morgan fingerprint density at radius 2 is 2.16 bits per heavy atom. The highest BCUT2D eigenvalue weighted by Gasteiger charge is 2.20. The lowest BCUT2D eigenvalue weighted by Gasteiger charge is -2.13. The van der Waals surface area contributed by atoms with Gasteiger partial charge in [0.1, 0.15) is 5.82 Å². The number of aromatic nitrogens is 4. The quantitative estimate of drug-likeness (QED) is 0.903. The molecule has 0 spiro atoms. The molecular weight excluding hydrogens is 258 g/mol. The average Bonchev–Trinajstić information content (AvgIpc) is 2.87. The van der Waals surface area contributed by atoms with Crippen molar-refractivity contribution in [2.24, 2.45) is 0 Å². The Morgan fingerprint density at radius 1 is 1.42 bits per heavy atom. The highest BCUT2D eigenvalue weighted by atomic mass is 32.1. The van der Waals surface area contributed by atoms with E-state index in [2.05, 4.69) is 58.6 Å². The van der Waals surface area contributed by atoms with Crippen molar-refractivity contribution in [1.29, 1.82) is 0 Å². The Labute approximate surface area is 118 Å². The second-order valence-corrected chi connectivity index (χ2v) is 6.72. The van der Waals surface area contributed by atoms with Gasteiger partial charge >= 0.3 is 0 Å². The molecule has 0 fully saturated rings. The molecule has 0 bridgehead atoms. The third-order valence-corrected chi connectivity index (χ3v) is 3.39. The molecule has 2 aromatic rings. The highest BCUT2D eigenvalue weighted by molar-refractivity contribution is 7.09. The van der Waals surface area contributed by atoms with E-state index in [0.29, 0.717) is 0 Å². The predicted octanol–water partition coefficient (Wildman–Crippen LogP) is 2.91. The number of aromatic amines is 1. The smallest absolute Gasteiger partial charge is 0.202 e. The van der Waals surface area contributed by atoms with Gasteiger partial charge in [-0.2, -0.15) is 9.47 Å². The Bertz CT molecular complexity index is 537. The topological polar surface area (TPSA) is 66.5 Å². The average molecular weight is 279 g/mol. The van der Waals surface area contributed by atoms with Crippen LogP contribution in [0.5, 0.6) is 0 Å². The first kappa shape index (κ1) is 14.0. The largest absolute Gasteiger partial charge is 0.357 e.